The molecule has 0 aliphatic carbocycles. The van der Waals surface area contributed by atoms with E-state index in [-0.39, 0.29) is 30.5 Å². The van der Waals surface area contributed by atoms with Crippen LogP contribution in [-0.2, 0) is 20.9 Å². The van der Waals surface area contributed by atoms with Crippen LogP contribution in [0.1, 0.15) is 31.2 Å². The van der Waals surface area contributed by atoms with Gasteiger partial charge in [-0.2, -0.15) is 0 Å². The average molecular weight is 357 g/mol. The van der Waals surface area contributed by atoms with Gasteiger partial charge in [0.1, 0.15) is 11.6 Å². The first-order valence-corrected chi connectivity index (χ1v) is 9.17. The number of carbonyl (C=O) groups excluding carboxylic acids is 3. The zero-order valence-electron chi connectivity index (χ0n) is 14.6. The highest BCUT2D eigenvalue weighted by Gasteiger charge is 2.52. The Bertz CT molecular complexity index is 707. The number of amides is 4. The van der Waals surface area contributed by atoms with Gasteiger partial charge in [0.2, 0.25) is 0 Å². The minimum Gasteiger partial charge on any atom is -0.368 e. The number of nitrogens with zero attached hydrogens (tertiary/aromatic N) is 2. The molecule has 0 radical (unpaired) electrons. The molecule has 4 rings (SSSR count). The maximum atomic E-state index is 12.9. The lowest BCUT2D eigenvalue weighted by Crippen LogP contribution is -2.57. The Balaban J connectivity index is 1.41. The van der Waals surface area contributed by atoms with Crippen molar-refractivity contribution in [3.05, 3.63) is 35.9 Å². The van der Waals surface area contributed by atoms with E-state index in [4.69, 9.17) is 4.74 Å². The van der Waals surface area contributed by atoms with Crippen molar-refractivity contribution in [1.82, 2.24) is 15.1 Å². The van der Waals surface area contributed by atoms with E-state index in [0.29, 0.717) is 32.5 Å². The lowest BCUT2D eigenvalue weighted by atomic mass is 9.87. The molecule has 1 aromatic rings. The predicted octanol–water partition coefficient (Wildman–Crippen LogP) is 1.28. The fraction of sp³-hybridized carbons (Fsp3) is 0.526. The molecule has 0 aromatic heterocycles. The van der Waals surface area contributed by atoms with Crippen LogP contribution in [0.15, 0.2) is 30.3 Å². The first kappa shape index (κ1) is 17.0. The van der Waals surface area contributed by atoms with Crippen molar-refractivity contribution in [3.63, 3.8) is 0 Å². The third kappa shape index (κ3) is 2.96. The average Bonchev–Trinajstić information content (AvgIpc) is 3.27. The number of urea groups is 1. The number of imide groups is 1. The largest absolute Gasteiger partial charge is 0.368 e. The van der Waals surface area contributed by atoms with Gasteiger partial charge in [-0.25, -0.2) is 4.79 Å². The Morgan fingerprint density at radius 2 is 1.92 bits per heavy atom. The second-order valence-corrected chi connectivity index (χ2v) is 7.22. The van der Waals surface area contributed by atoms with Gasteiger partial charge in [-0.05, 0) is 31.2 Å². The lowest BCUT2D eigenvalue weighted by molar-refractivity contribution is -0.145. The number of nitrogens with one attached hydrogen (secondary N) is 1. The highest BCUT2D eigenvalue weighted by Crippen LogP contribution is 2.31. The molecule has 3 saturated heterocycles. The number of rotatable bonds is 3. The van der Waals surface area contributed by atoms with Gasteiger partial charge >= 0.3 is 6.03 Å². The molecule has 4 amide bonds. The first-order chi connectivity index (χ1) is 12.6. The van der Waals surface area contributed by atoms with Gasteiger partial charge in [-0.3, -0.25) is 14.5 Å². The molecule has 3 heterocycles. The van der Waals surface area contributed by atoms with E-state index in [1.165, 1.54) is 4.90 Å². The molecular formula is C19H23N3O4. The molecule has 3 aliphatic heterocycles. The van der Waals surface area contributed by atoms with E-state index in [0.717, 1.165) is 18.4 Å². The van der Waals surface area contributed by atoms with Gasteiger partial charge in [-0.15, -0.1) is 0 Å². The summed E-state index contributed by atoms with van der Waals surface area (Å²) in [5.41, 5.74) is 0.0400. The van der Waals surface area contributed by atoms with Crippen LogP contribution in [0.4, 0.5) is 4.79 Å². The Hall–Kier alpha value is -2.41. The molecule has 3 aliphatic rings. The molecule has 26 heavy (non-hydrogen) atoms. The molecule has 7 heteroatoms. The van der Waals surface area contributed by atoms with Gasteiger partial charge in [0.15, 0.2) is 0 Å². The smallest absolute Gasteiger partial charge is 0.325 e. The first-order valence-electron chi connectivity index (χ1n) is 9.17. The van der Waals surface area contributed by atoms with Crippen molar-refractivity contribution < 1.29 is 19.1 Å². The predicted molar refractivity (Wildman–Crippen MR) is 93.0 cm³/mol. The zero-order valence-corrected chi connectivity index (χ0v) is 14.6. The van der Waals surface area contributed by atoms with Crippen LogP contribution in [0.2, 0.25) is 0 Å². The summed E-state index contributed by atoms with van der Waals surface area (Å²) in [5.74, 6) is -0.175. The van der Waals surface area contributed by atoms with Crippen molar-refractivity contribution in [3.8, 4) is 0 Å². The summed E-state index contributed by atoms with van der Waals surface area (Å²) in [6.45, 7) is 1.83. The maximum absolute atomic E-state index is 12.9. The quantitative estimate of drug-likeness (QED) is 0.827. The molecular weight excluding hydrogens is 334 g/mol. The lowest BCUT2D eigenvalue weighted by Gasteiger charge is -2.38. The van der Waals surface area contributed by atoms with Gasteiger partial charge in [0, 0.05) is 19.7 Å². The highest BCUT2D eigenvalue weighted by atomic mass is 16.5. The van der Waals surface area contributed by atoms with E-state index in [1.54, 1.807) is 4.90 Å². The van der Waals surface area contributed by atoms with Crippen molar-refractivity contribution in [2.45, 2.75) is 43.9 Å². The topological polar surface area (TPSA) is 79.0 Å². The Morgan fingerprint density at radius 3 is 2.58 bits per heavy atom. The number of hydrogen-bond acceptors (Lipinski definition) is 4. The Morgan fingerprint density at radius 1 is 1.19 bits per heavy atom. The molecule has 7 nitrogen and oxygen atoms in total. The minimum absolute atomic E-state index is 0.00950. The Kier molecular flexibility index (Phi) is 4.40. The number of benzene rings is 1. The summed E-state index contributed by atoms with van der Waals surface area (Å²) in [6.07, 6.45) is 2.23. The summed E-state index contributed by atoms with van der Waals surface area (Å²) < 4.78 is 5.47. The SMILES string of the molecule is O=C([C@H]1CCCO1)N1CCC2(CC1)NC(=O)N(Cc1ccccc1)C2=O. The normalized spacial score (nSPS) is 25.0. The number of piperidine rings is 1. The monoisotopic (exact) mass is 357 g/mol. The molecule has 138 valence electrons. The summed E-state index contributed by atoms with van der Waals surface area (Å²) >= 11 is 0. The fourth-order valence-corrected chi connectivity index (χ4v) is 4.01. The summed E-state index contributed by atoms with van der Waals surface area (Å²) in [4.78, 5) is 40.8. The van der Waals surface area contributed by atoms with Crippen LogP contribution < -0.4 is 5.32 Å². The van der Waals surface area contributed by atoms with Gasteiger partial charge < -0.3 is 15.0 Å². The number of ether oxygens (including phenoxy) is 1. The molecule has 1 atom stereocenters. The Labute approximate surface area is 152 Å². The second-order valence-electron chi connectivity index (χ2n) is 7.22. The molecule has 1 N–H and O–H groups in total. The molecule has 0 saturated carbocycles. The van der Waals surface area contributed by atoms with Crippen LogP contribution in [0.3, 0.4) is 0 Å². The number of carbonyl (C=O) groups is 3. The van der Waals surface area contributed by atoms with Crippen LogP contribution in [0, 0.1) is 0 Å². The number of hydrogen-bond donors (Lipinski definition) is 1. The summed E-state index contributed by atoms with van der Waals surface area (Å²) in [5, 5.41) is 2.89. The molecule has 1 aromatic carbocycles. The van der Waals surface area contributed by atoms with Crippen molar-refractivity contribution in [2.24, 2.45) is 0 Å². The van der Waals surface area contributed by atoms with E-state index < -0.39 is 5.54 Å². The zero-order chi connectivity index (χ0) is 18.1. The van der Waals surface area contributed by atoms with Gasteiger partial charge in [0.05, 0.1) is 6.54 Å². The third-order valence-electron chi connectivity index (χ3n) is 5.56. The fourth-order valence-electron chi connectivity index (χ4n) is 4.01. The van der Waals surface area contributed by atoms with Crippen LogP contribution in [0.25, 0.3) is 0 Å². The molecule has 0 unspecified atom stereocenters. The molecule has 0 bridgehead atoms. The van der Waals surface area contributed by atoms with E-state index in [1.807, 2.05) is 30.3 Å². The number of likely N-dealkylation sites (tertiary alicyclic amines) is 1. The molecule has 1 spiro atoms. The van der Waals surface area contributed by atoms with Crippen LogP contribution in [-0.4, -0.2) is 59.0 Å². The van der Waals surface area contributed by atoms with Crippen LogP contribution in [0.5, 0.6) is 0 Å². The van der Waals surface area contributed by atoms with E-state index in [2.05, 4.69) is 5.32 Å². The van der Waals surface area contributed by atoms with E-state index >= 15 is 0 Å². The summed E-state index contributed by atoms with van der Waals surface area (Å²) in [6, 6.07) is 9.12. The maximum Gasteiger partial charge on any atom is 0.325 e. The standard InChI is InChI=1S/C19H23N3O4/c23-16(15-7-4-12-26-15)21-10-8-19(9-11-21)17(24)22(18(25)20-19)13-14-5-2-1-3-6-14/h1-3,5-6,15H,4,7-13H2,(H,20,25)/t15-/m1/s1. The van der Waals surface area contributed by atoms with Gasteiger partial charge in [0.25, 0.3) is 11.8 Å². The summed E-state index contributed by atoms with van der Waals surface area (Å²) in [7, 11) is 0. The van der Waals surface area contributed by atoms with Crippen LogP contribution >= 0.6 is 0 Å². The van der Waals surface area contributed by atoms with Gasteiger partial charge in [-0.1, -0.05) is 30.3 Å². The minimum atomic E-state index is -0.876. The van der Waals surface area contributed by atoms with Crippen molar-refractivity contribution in [2.75, 3.05) is 19.7 Å². The second kappa shape index (κ2) is 6.72. The highest BCUT2D eigenvalue weighted by molar-refractivity contribution is 6.07. The molecule has 3 fully saturated rings. The van der Waals surface area contributed by atoms with E-state index in [9.17, 15) is 14.4 Å². The third-order valence-corrected chi connectivity index (χ3v) is 5.56. The van der Waals surface area contributed by atoms with Crippen molar-refractivity contribution in [1.29, 1.82) is 0 Å². The van der Waals surface area contributed by atoms with Crippen molar-refractivity contribution >= 4 is 17.8 Å².